The average Bonchev–Trinajstić information content (AvgIpc) is 2.75. The van der Waals surface area contributed by atoms with Gasteiger partial charge < -0.3 is 10.1 Å². The lowest BCUT2D eigenvalue weighted by molar-refractivity contribution is 0.473. The van der Waals surface area contributed by atoms with Gasteiger partial charge in [-0.1, -0.05) is 12.1 Å². The fourth-order valence-electron chi connectivity index (χ4n) is 1.96. The van der Waals surface area contributed by atoms with Crippen LogP contribution in [-0.2, 0) is 0 Å². The second-order valence-corrected chi connectivity index (χ2v) is 4.22. The predicted molar refractivity (Wildman–Crippen MR) is 67.9 cm³/mol. The molecule has 0 spiro atoms. The second-order valence-electron chi connectivity index (χ2n) is 4.22. The van der Waals surface area contributed by atoms with E-state index in [1.165, 1.54) is 12.1 Å². The number of halogens is 1. The maximum Gasteiger partial charge on any atom is 0.142 e. The van der Waals surface area contributed by atoms with Gasteiger partial charge in [-0.25, -0.2) is 9.37 Å². The Labute approximate surface area is 103 Å². The molecule has 0 bridgehead atoms. The molecule has 18 heavy (non-hydrogen) atoms. The van der Waals surface area contributed by atoms with Crippen molar-refractivity contribution in [1.82, 2.24) is 9.97 Å². The summed E-state index contributed by atoms with van der Waals surface area (Å²) in [7, 11) is 0. The first kappa shape index (κ1) is 10.8. The Hall–Kier alpha value is -2.36. The van der Waals surface area contributed by atoms with E-state index < -0.39 is 0 Å². The summed E-state index contributed by atoms with van der Waals surface area (Å²) in [5, 5.41) is 10.00. The van der Waals surface area contributed by atoms with E-state index in [0.29, 0.717) is 22.4 Å². The third-order valence-corrected chi connectivity index (χ3v) is 2.94. The molecule has 2 N–H and O–H groups in total. The van der Waals surface area contributed by atoms with E-state index >= 15 is 0 Å². The fourth-order valence-corrected chi connectivity index (χ4v) is 1.96. The number of para-hydroxylation sites is 1. The number of aromatic amines is 1. The van der Waals surface area contributed by atoms with Crippen molar-refractivity contribution in [2.75, 3.05) is 0 Å². The van der Waals surface area contributed by atoms with Crippen molar-refractivity contribution < 1.29 is 9.50 Å². The number of fused-ring (bicyclic) bond motifs is 1. The fraction of sp³-hybridized carbons (Fsp3) is 0.0714. The Balaban J connectivity index is 2.22. The number of hydrogen-bond donors (Lipinski definition) is 2. The molecule has 4 heteroatoms. The summed E-state index contributed by atoms with van der Waals surface area (Å²) in [5.74, 6) is 0.417. The molecule has 2 aromatic carbocycles. The van der Waals surface area contributed by atoms with Gasteiger partial charge in [-0.3, -0.25) is 0 Å². The van der Waals surface area contributed by atoms with Crippen LogP contribution in [0.1, 0.15) is 5.56 Å². The molecule has 0 unspecified atom stereocenters. The number of benzene rings is 2. The molecule has 3 aromatic rings. The van der Waals surface area contributed by atoms with Gasteiger partial charge in [0.25, 0.3) is 0 Å². The van der Waals surface area contributed by atoms with Gasteiger partial charge in [-0.05, 0) is 36.8 Å². The normalized spacial score (nSPS) is 11.0. The highest BCUT2D eigenvalue weighted by Crippen LogP contribution is 2.31. The van der Waals surface area contributed by atoms with Crippen LogP contribution in [0.5, 0.6) is 5.75 Å². The number of H-pyrrole nitrogens is 1. The predicted octanol–water partition coefficient (Wildman–Crippen LogP) is 3.38. The van der Waals surface area contributed by atoms with Gasteiger partial charge in [0.1, 0.15) is 17.4 Å². The Bertz CT molecular complexity index is 734. The molecule has 0 radical (unpaired) electrons. The van der Waals surface area contributed by atoms with Crippen LogP contribution in [0.25, 0.3) is 22.4 Å². The highest BCUT2D eigenvalue weighted by atomic mass is 19.1. The average molecular weight is 242 g/mol. The second kappa shape index (κ2) is 3.84. The van der Waals surface area contributed by atoms with Gasteiger partial charge in [0.15, 0.2) is 0 Å². The summed E-state index contributed by atoms with van der Waals surface area (Å²) < 4.78 is 13.1. The van der Waals surface area contributed by atoms with Crippen LogP contribution in [0.2, 0.25) is 0 Å². The highest BCUT2D eigenvalue weighted by molar-refractivity contribution is 5.80. The first-order chi connectivity index (χ1) is 8.65. The van der Waals surface area contributed by atoms with Crippen molar-refractivity contribution in [3.05, 3.63) is 47.8 Å². The van der Waals surface area contributed by atoms with E-state index in [2.05, 4.69) is 9.97 Å². The van der Waals surface area contributed by atoms with E-state index in [9.17, 15) is 9.50 Å². The summed E-state index contributed by atoms with van der Waals surface area (Å²) in [4.78, 5) is 7.35. The zero-order valence-corrected chi connectivity index (χ0v) is 9.74. The first-order valence-electron chi connectivity index (χ1n) is 5.59. The number of aromatic nitrogens is 2. The number of phenols is 1. The number of nitrogens with one attached hydrogen (secondary N) is 1. The molecule has 90 valence electrons. The van der Waals surface area contributed by atoms with Crippen LogP contribution >= 0.6 is 0 Å². The van der Waals surface area contributed by atoms with Crippen LogP contribution in [0.3, 0.4) is 0 Å². The highest BCUT2D eigenvalue weighted by Gasteiger charge is 2.11. The number of phenolic OH excluding ortho intramolecular Hbond substituents is 1. The summed E-state index contributed by atoms with van der Waals surface area (Å²) in [6, 6.07) is 9.80. The number of nitrogens with zero attached hydrogens (tertiary/aromatic N) is 1. The van der Waals surface area contributed by atoms with Crippen LogP contribution < -0.4 is 0 Å². The third kappa shape index (κ3) is 1.62. The smallest absolute Gasteiger partial charge is 0.142 e. The minimum atomic E-state index is -0.314. The van der Waals surface area contributed by atoms with Crippen molar-refractivity contribution in [3.8, 4) is 17.1 Å². The first-order valence-corrected chi connectivity index (χ1v) is 5.59. The molecule has 0 aliphatic rings. The molecule has 0 saturated heterocycles. The van der Waals surface area contributed by atoms with Crippen molar-refractivity contribution >= 4 is 11.0 Å². The van der Waals surface area contributed by atoms with Crippen molar-refractivity contribution in [3.63, 3.8) is 0 Å². The molecule has 0 amide bonds. The summed E-state index contributed by atoms with van der Waals surface area (Å²) in [6.45, 7) is 1.82. The van der Waals surface area contributed by atoms with Crippen LogP contribution in [0.15, 0.2) is 36.4 Å². The Morgan fingerprint density at radius 1 is 1.22 bits per heavy atom. The van der Waals surface area contributed by atoms with Gasteiger partial charge in [0.2, 0.25) is 0 Å². The molecular formula is C14H11FN2O. The largest absolute Gasteiger partial charge is 0.507 e. The topological polar surface area (TPSA) is 48.9 Å². The quantitative estimate of drug-likeness (QED) is 0.687. The van der Waals surface area contributed by atoms with Gasteiger partial charge in [0.05, 0.1) is 16.6 Å². The van der Waals surface area contributed by atoms with E-state index in [1.807, 2.05) is 19.1 Å². The molecule has 3 rings (SSSR count). The minimum Gasteiger partial charge on any atom is -0.507 e. The van der Waals surface area contributed by atoms with Gasteiger partial charge in [-0.2, -0.15) is 0 Å². The summed E-state index contributed by atoms with van der Waals surface area (Å²) in [6.07, 6.45) is 0. The maximum absolute atomic E-state index is 13.1. The van der Waals surface area contributed by atoms with E-state index in [0.717, 1.165) is 5.56 Å². The Morgan fingerprint density at radius 2 is 2.06 bits per heavy atom. The Kier molecular flexibility index (Phi) is 2.30. The monoisotopic (exact) mass is 242 g/mol. The van der Waals surface area contributed by atoms with E-state index in [4.69, 9.17) is 0 Å². The van der Waals surface area contributed by atoms with Crippen molar-refractivity contribution in [2.45, 2.75) is 6.92 Å². The lowest BCUT2D eigenvalue weighted by Crippen LogP contribution is -1.83. The molecule has 0 aliphatic heterocycles. The molecule has 0 aliphatic carbocycles. The Morgan fingerprint density at radius 3 is 2.89 bits per heavy atom. The van der Waals surface area contributed by atoms with Crippen molar-refractivity contribution in [2.24, 2.45) is 0 Å². The van der Waals surface area contributed by atoms with Crippen LogP contribution in [-0.4, -0.2) is 15.1 Å². The van der Waals surface area contributed by atoms with Crippen LogP contribution in [0, 0.1) is 12.7 Å². The van der Waals surface area contributed by atoms with Gasteiger partial charge >= 0.3 is 0 Å². The molecule has 0 fully saturated rings. The number of aromatic hydroxyl groups is 1. The summed E-state index contributed by atoms with van der Waals surface area (Å²) in [5.41, 5.74) is 2.68. The third-order valence-electron chi connectivity index (χ3n) is 2.94. The molecular weight excluding hydrogens is 231 g/mol. The molecule has 0 saturated carbocycles. The zero-order chi connectivity index (χ0) is 12.7. The molecule has 1 aromatic heterocycles. The lowest BCUT2D eigenvalue weighted by Gasteiger charge is -2.03. The number of imidazole rings is 1. The van der Waals surface area contributed by atoms with E-state index in [1.54, 1.807) is 12.1 Å². The van der Waals surface area contributed by atoms with Gasteiger partial charge in [-0.15, -0.1) is 0 Å². The standard InChI is InChI=1S/C14H11FN2O/c1-8-3-2-4-10(13(8)18)14-16-11-6-5-9(15)7-12(11)17-14/h2-7,18H,1H3,(H,16,17). The molecule has 0 atom stereocenters. The maximum atomic E-state index is 13.1. The van der Waals surface area contributed by atoms with E-state index in [-0.39, 0.29) is 11.6 Å². The number of rotatable bonds is 1. The van der Waals surface area contributed by atoms with Gasteiger partial charge in [0, 0.05) is 0 Å². The SMILES string of the molecule is Cc1cccc(-c2nc3ccc(F)cc3[nH]2)c1O. The number of hydrogen-bond acceptors (Lipinski definition) is 2. The zero-order valence-electron chi connectivity index (χ0n) is 9.74. The summed E-state index contributed by atoms with van der Waals surface area (Å²) >= 11 is 0. The molecule has 1 heterocycles. The van der Waals surface area contributed by atoms with Crippen LogP contribution in [0.4, 0.5) is 4.39 Å². The van der Waals surface area contributed by atoms with Crippen molar-refractivity contribution in [1.29, 1.82) is 0 Å². The molecule has 3 nitrogen and oxygen atoms in total. The lowest BCUT2D eigenvalue weighted by atomic mass is 10.1. The number of aryl methyl sites for hydroxylation is 1. The minimum absolute atomic E-state index is 0.192.